The number of hydrogen-bond donors (Lipinski definition) is 1. The Morgan fingerprint density at radius 3 is 2.45 bits per heavy atom. The summed E-state index contributed by atoms with van der Waals surface area (Å²) in [5.41, 5.74) is 0. The zero-order chi connectivity index (χ0) is 16.6. The largest absolute Gasteiger partial charge is 0.412 e. The smallest absolute Gasteiger partial charge is 0.220 e. The van der Waals surface area contributed by atoms with Gasteiger partial charge < -0.3 is 19.2 Å². The number of hydrogen-bond acceptors (Lipinski definition) is 4. The van der Waals surface area contributed by atoms with Crippen LogP contribution >= 0.6 is 0 Å². The molecule has 2 rings (SSSR count). The van der Waals surface area contributed by atoms with E-state index in [1.165, 1.54) is 0 Å². The Bertz CT molecular complexity index is 413. The van der Waals surface area contributed by atoms with Crippen LogP contribution in [0.25, 0.3) is 0 Å². The van der Waals surface area contributed by atoms with Gasteiger partial charge in [0.1, 0.15) is 0 Å². The number of carbonyl (C=O) groups is 1. The Morgan fingerprint density at radius 1 is 1.32 bits per heavy atom. The lowest BCUT2D eigenvalue weighted by Gasteiger charge is -2.44. The van der Waals surface area contributed by atoms with Crippen molar-refractivity contribution in [3.05, 3.63) is 0 Å². The standard InChI is InChI=1S/C16H31NO4Si/c1-15(2,3)22(5,6)21-13-7-8-14(18)17-12(13)11-16(4)19-9-10-20-16/h12-13H,7-11H2,1-6H3,(H,17,18)/t12-,13+/m0/s1. The maximum Gasteiger partial charge on any atom is 0.220 e. The molecule has 128 valence electrons. The molecule has 6 heteroatoms. The van der Waals surface area contributed by atoms with Crippen LogP contribution in [-0.2, 0) is 18.7 Å². The summed E-state index contributed by atoms with van der Waals surface area (Å²) in [5, 5.41) is 3.25. The fourth-order valence-corrected chi connectivity index (χ4v) is 4.19. The van der Waals surface area contributed by atoms with Crippen molar-refractivity contribution in [1.82, 2.24) is 5.32 Å². The third-order valence-electron chi connectivity index (χ3n) is 5.19. The fraction of sp³-hybridized carbons (Fsp3) is 0.938. The van der Waals surface area contributed by atoms with Crippen LogP contribution in [0.3, 0.4) is 0 Å². The molecular formula is C16H31NO4Si. The van der Waals surface area contributed by atoms with Crippen LogP contribution in [0, 0.1) is 0 Å². The molecule has 1 N–H and O–H groups in total. The maximum absolute atomic E-state index is 11.8. The van der Waals surface area contributed by atoms with Crippen molar-refractivity contribution in [3.8, 4) is 0 Å². The molecule has 0 aromatic rings. The van der Waals surface area contributed by atoms with E-state index >= 15 is 0 Å². The van der Waals surface area contributed by atoms with E-state index < -0.39 is 14.1 Å². The lowest BCUT2D eigenvalue weighted by Crippen LogP contribution is -2.56. The summed E-state index contributed by atoms with van der Waals surface area (Å²) in [7, 11) is -1.87. The van der Waals surface area contributed by atoms with Crippen molar-refractivity contribution in [2.45, 2.75) is 83.0 Å². The predicted molar refractivity (Wildman–Crippen MR) is 88.2 cm³/mol. The summed E-state index contributed by atoms with van der Waals surface area (Å²) in [6.07, 6.45) is 1.99. The predicted octanol–water partition coefficient (Wildman–Crippen LogP) is 2.81. The Labute approximate surface area is 135 Å². The monoisotopic (exact) mass is 329 g/mol. The van der Waals surface area contributed by atoms with Gasteiger partial charge in [-0.05, 0) is 31.5 Å². The van der Waals surface area contributed by atoms with Gasteiger partial charge in [0.05, 0.1) is 25.4 Å². The number of nitrogens with one attached hydrogen (secondary N) is 1. The molecule has 0 bridgehead atoms. The number of piperidine rings is 1. The SMILES string of the molecule is CC1(C[C@@H]2NC(=O)CC[C@H]2O[Si](C)(C)C(C)(C)C)OCCO1. The van der Waals surface area contributed by atoms with E-state index in [1.54, 1.807) is 0 Å². The van der Waals surface area contributed by atoms with Crippen molar-refractivity contribution in [2.24, 2.45) is 0 Å². The Balaban J connectivity index is 2.08. The molecule has 0 saturated carbocycles. The molecule has 0 aromatic heterocycles. The highest BCUT2D eigenvalue weighted by Gasteiger charge is 2.44. The first-order chi connectivity index (χ1) is 10.0. The molecule has 22 heavy (non-hydrogen) atoms. The zero-order valence-corrected chi connectivity index (χ0v) is 15.8. The average molecular weight is 330 g/mol. The Morgan fingerprint density at radius 2 is 1.91 bits per heavy atom. The molecule has 0 unspecified atom stereocenters. The van der Waals surface area contributed by atoms with E-state index in [0.29, 0.717) is 26.1 Å². The van der Waals surface area contributed by atoms with Crippen molar-refractivity contribution in [3.63, 3.8) is 0 Å². The van der Waals surface area contributed by atoms with Gasteiger partial charge >= 0.3 is 0 Å². The topological polar surface area (TPSA) is 56.8 Å². The van der Waals surface area contributed by atoms with Crippen molar-refractivity contribution in [2.75, 3.05) is 13.2 Å². The molecule has 2 fully saturated rings. The minimum absolute atomic E-state index is 0.0431. The lowest BCUT2D eigenvalue weighted by atomic mass is 9.95. The van der Waals surface area contributed by atoms with Gasteiger partial charge in [-0.1, -0.05) is 20.8 Å². The Kier molecular flexibility index (Phi) is 5.07. The molecule has 2 saturated heterocycles. The van der Waals surface area contributed by atoms with Crippen molar-refractivity contribution in [1.29, 1.82) is 0 Å². The van der Waals surface area contributed by atoms with E-state index in [4.69, 9.17) is 13.9 Å². The summed E-state index contributed by atoms with van der Waals surface area (Å²) in [6.45, 7) is 14.4. The van der Waals surface area contributed by atoms with Crippen LogP contribution in [0.1, 0.15) is 47.0 Å². The van der Waals surface area contributed by atoms with Gasteiger partial charge in [-0.25, -0.2) is 0 Å². The molecule has 5 nitrogen and oxygen atoms in total. The van der Waals surface area contributed by atoms with Gasteiger partial charge in [-0.3, -0.25) is 4.79 Å². The molecular weight excluding hydrogens is 298 g/mol. The molecule has 1 amide bonds. The highest BCUT2D eigenvalue weighted by molar-refractivity contribution is 6.74. The van der Waals surface area contributed by atoms with Gasteiger partial charge in [0, 0.05) is 12.8 Å². The maximum atomic E-state index is 11.8. The second-order valence-corrected chi connectivity index (χ2v) is 12.9. The van der Waals surface area contributed by atoms with Gasteiger partial charge in [-0.2, -0.15) is 0 Å². The zero-order valence-electron chi connectivity index (χ0n) is 14.8. The number of carbonyl (C=O) groups excluding carboxylic acids is 1. The van der Waals surface area contributed by atoms with Crippen LogP contribution in [-0.4, -0.2) is 45.4 Å². The first-order valence-corrected chi connectivity index (χ1v) is 11.2. The summed E-state index contributed by atoms with van der Waals surface area (Å²) < 4.78 is 18.0. The molecule has 0 aliphatic carbocycles. The molecule has 2 atom stereocenters. The Hall–Kier alpha value is -0.433. The van der Waals surface area contributed by atoms with Crippen LogP contribution in [0.5, 0.6) is 0 Å². The minimum atomic E-state index is -1.87. The first kappa shape index (κ1) is 17.9. The second-order valence-electron chi connectivity index (χ2n) is 8.16. The first-order valence-electron chi connectivity index (χ1n) is 8.28. The number of amides is 1. The van der Waals surface area contributed by atoms with Crippen LogP contribution < -0.4 is 5.32 Å². The van der Waals surface area contributed by atoms with Gasteiger partial charge in [0.15, 0.2) is 14.1 Å². The van der Waals surface area contributed by atoms with Gasteiger partial charge in [0.25, 0.3) is 0 Å². The lowest BCUT2D eigenvalue weighted by molar-refractivity contribution is -0.159. The second kappa shape index (κ2) is 6.22. The molecule has 0 spiro atoms. The van der Waals surface area contributed by atoms with E-state index in [-0.39, 0.29) is 23.1 Å². The summed E-state index contributed by atoms with van der Waals surface area (Å²) in [4.78, 5) is 11.8. The van der Waals surface area contributed by atoms with E-state index in [2.05, 4.69) is 39.2 Å². The van der Waals surface area contributed by atoms with E-state index in [1.807, 2.05) is 6.92 Å². The number of rotatable bonds is 4. The van der Waals surface area contributed by atoms with E-state index in [0.717, 1.165) is 6.42 Å². The third kappa shape index (κ3) is 4.10. The highest BCUT2D eigenvalue weighted by Crippen LogP contribution is 2.39. The summed E-state index contributed by atoms with van der Waals surface area (Å²) >= 11 is 0. The van der Waals surface area contributed by atoms with Gasteiger partial charge in [0.2, 0.25) is 5.91 Å². The minimum Gasteiger partial charge on any atom is -0.412 e. The van der Waals surface area contributed by atoms with Crippen LogP contribution in [0.2, 0.25) is 18.1 Å². The molecule has 2 aliphatic rings. The molecule has 0 aromatic carbocycles. The van der Waals surface area contributed by atoms with Crippen molar-refractivity contribution < 1.29 is 18.7 Å². The fourth-order valence-electron chi connectivity index (χ4n) is 2.80. The van der Waals surface area contributed by atoms with E-state index in [9.17, 15) is 4.79 Å². The average Bonchev–Trinajstić information content (AvgIpc) is 2.78. The summed E-state index contributed by atoms with van der Waals surface area (Å²) in [5.74, 6) is -0.508. The van der Waals surface area contributed by atoms with Crippen LogP contribution in [0.4, 0.5) is 0 Å². The third-order valence-corrected chi connectivity index (χ3v) is 9.70. The van der Waals surface area contributed by atoms with Crippen molar-refractivity contribution >= 4 is 14.2 Å². The molecule has 2 heterocycles. The number of ether oxygens (including phenoxy) is 2. The quantitative estimate of drug-likeness (QED) is 0.806. The molecule has 2 aliphatic heterocycles. The highest BCUT2D eigenvalue weighted by atomic mass is 28.4. The van der Waals surface area contributed by atoms with Crippen LogP contribution in [0.15, 0.2) is 0 Å². The van der Waals surface area contributed by atoms with Gasteiger partial charge in [-0.15, -0.1) is 0 Å². The summed E-state index contributed by atoms with van der Waals surface area (Å²) in [6, 6.07) is -0.0431. The molecule has 0 radical (unpaired) electrons. The normalized spacial score (nSPS) is 29.5.